The highest BCUT2D eigenvalue weighted by molar-refractivity contribution is 5.70. The predicted molar refractivity (Wildman–Crippen MR) is 79.8 cm³/mol. The van der Waals surface area contributed by atoms with Crippen LogP contribution < -0.4 is 5.73 Å². The third-order valence-corrected chi connectivity index (χ3v) is 4.02. The van der Waals surface area contributed by atoms with Crippen LogP contribution in [-0.4, -0.2) is 18.5 Å². The van der Waals surface area contributed by atoms with Gasteiger partial charge in [0.05, 0.1) is 0 Å². The van der Waals surface area contributed by atoms with Gasteiger partial charge in [0, 0.05) is 25.2 Å². The highest BCUT2D eigenvalue weighted by atomic mass is 19.1. The third kappa shape index (κ3) is 2.35. The van der Waals surface area contributed by atoms with E-state index in [-0.39, 0.29) is 5.82 Å². The second-order valence-electron chi connectivity index (χ2n) is 5.44. The number of nitrogens with two attached hydrogens (primary N) is 1. The van der Waals surface area contributed by atoms with Gasteiger partial charge >= 0.3 is 0 Å². The summed E-state index contributed by atoms with van der Waals surface area (Å²) in [6, 6.07) is 11.7. The van der Waals surface area contributed by atoms with Crippen LogP contribution in [0.5, 0.6) is 0 Å². The van der Waals surface area contributed by atoms with Crippen LogP contribution in [0.25, 0.3) is 11.1 Å². The largest absolute Gasteiger partial charge is 0.326 e. The number of nitrogens with zero attached hydrogens (tertiary/aromatic N) is 1. The first-order valence-corrected chi connectivity index (χ1v) is 6.97. The first-order chi connectivity index (χ1) is 9.69. The maximum absolute atomic E-state index is 14.0. The summed E-state index contributed by atoms with van der Waals surface area (Å²) in [4.78, 5) is 2.16. The number of benzene rings is 2. The van der Waals surface area contributed by atoms with E-state index in [0.717, 1.165) is 40.8 Å². The molecular weight excluding hydrogens is 251 g/mol. The molecule has 2 aromatic rings. The molecule has 0 bridgehead atoms. The smallest absolute Gasteiger partial charge is 0.128 e. The van der Waals surface area contributed by atoms with Crippen molar-refractivity contribution in [3.05, 3.63) is 58.9 Å². The molecule has 3 heteroatoms. The molecule has 104 valence electrons. The van der Waals surface area contributed by atoms with Crippen molar-refractivity contribution in [2.24, 2.45) is 5.73 Å². The van der Waals surface area contributed by atoms with Gasteiger partial charge in [-0.05, 0) is 47.9 Å². The van der Waals surface area contributed by atoms with Gasteiger partial charge in [-0.3, -0.25) is 0 Å². The van der Waals surface area contributed by atoms with Gasteiger partial charge in [-0.25, -0.2) is 4.39 Å². The Kier molecular flexibility index (Phi) is 3.55. The lowest BCUT2D eigenvalue weighted by Gasteiger charge is -2.27. The lowest BCUT2D eigenvalue weighted by atomic mass is 9.90. The number of fused-ring (bicyclic) bond motifs is 1. The zero-order chi connectivity index (χ0) is 14.1. The minimum Gasteiger partial charge on any atom is -0.326 e. The molecule has 0 aliphatic carbocycles. The van der Waals surface area contributed by atoms with Crippen molar-refractivity contribution in [3.8, 4) is 11.1 Å². The van der Waals surface area contributed by atoms with Gasteiger partial charge in [0.1, 0.15) is 5.82 Å². The summed E-state index contributed by atoms with van der Waals surface area (Å²) in [6.45, 7) is 2.19. The van der Waals surface area contributed by atoms with E-state index in [1.165, 1.54) is 0 Å². The number of hydrogen-bond donors (Lipinski definition) is 1. The van der Waals surface area contributed by atoms with E-state index < -0.39 is 0 Å². The molecule has 0 fully saturated rings. The number of likely N-dealkylation sites (N-methyl/N-ethyl adjacent to an activating group) is 1. The van der Waals surface area contributed by atoms with Crippen molar-refractivity contribution in [3.63, 3.8) is 0 Å². The Morgan fingerprint density at radius 2 is 2.05 bits per heavy atom. The molecule has 0 radical (unpaired) electrons. The van der Waals surface area contributed by atoms with Crippen LogP contribution in [0.3, 0.4) is 0 Å². The average Bonchev–Trinajstić information content (AvgIpc) is 2.48. The fourth-order valence-corrected chi connectivity index (χ4v) is 2.91. The van der Waals surface area contributed by atoms with Crippen molar-refractivity contribution in [1.29, 1.82) is 0 Å². The van der Waals surface area contributed by atoms with E-state index in [1.54, 1.807) is 6.07 Å². The number of hydrogen-bond acceptors (Lipinski definition) is 2. The first kappa shape index (κ1) is 13.3. The minimum atomic E-state index is -0.0923. The van der Waals surface area contributed by atoms with Crippen molar-refractivity contribution in [2.75, 3.05) is 13.6 Å². The topological polar surface area (TPSA) is 29.3 Å². The molecule has 0 amide bonds. The second-order valence-corrected chi connectivity index (χ2v) is 5.44. The molecule has 0 unspecified atom stereocenters. The Morgan fingerprint density at radius 3 is 2.85 bits per heavy atom. The molecule has 1 aliphatic heterocycles. The SMILES string of the molecule is CN1CCc2c(-c3cccc(CN)c3)ccc(F)c2C1. The van der Waals surface area contributed by atoms with Crippen LogP contribution in [0.1, 0.15) is 16.7 Å². The minimum absolute atomic E-state index is 0.0923. The fraction of sp³-hybridized carbons (Fsp3) is 0.294. The Morgan fingerprint density at radius 1 is 1.20 bits per heavy atom. The molecule has 1 heterocycles. The van der Waals surface area contributed by atoms with Crippen molar-refractivity contribution in [2.45, 2.75) is 19.5 Å². The summed E-state index contributed by atoms with van der Waals surface area (Å²) in [6.07, 6.45) is 0.895. The van der Waals surface area contributed by atoms with E-state index in [1.807, 2.05) is 25.2 Å². The number of halogens is 1. The molecule has 0 saturated heterocycles. The van der Waals surface area contributed by atoms with Crippen LogP contribution >= 0.6 is 0 Å². The normalized spacial score (nSPS) is 15.2. The summed E-state index contributed by atoms with van der Waals surface area (Å²) in [7, 11) is 2.03. The standard InChI is InChI=1S/C17H19FN2/c1-20-8-7-15-14(5-6-17(18)16(15)11-20)13-4-2-3-12(9-13)10-19/h2-6,9H,7-8,10-11,19H2,1H3. The van der Waals surface area contributed by atoms with Crippen LogP contribution in [0.15, 0.2) is 36.4 Å². The van der Waals surface area contributed by atoms with Crippen molar-refractivity contribution >= 4 is 0 Å². The molecular formula is C17H19FN2. The Bertz CT molecular complexity index is 637. The first-order valence-electron chi connectivity index (χ1n) is 6.97. The fourth-order valence-electron chi connectivity index (χ4n) is 2.91. The predicted octanol–water partition coefficient (Wildman–Crippen LogP) is 2.94. The van der Waals surface area contributed by atoms with E-state index in [9.17, 15) is 4.39 Å². The number of rotatable bonds is 2. The average molecular weight is 270 g/mol. The van der Waals surface area contributed by atoms with Gasteiger partial charge in [-0.2, -0.15) is 0 Å². The van der Waals surface area contributed by atoms with Gasteiger partial charge in [0.25, 0.3) is 0 Å². The summed E-state index contributed by atoms with van der Waals surface area (Å²) in [5, 5.41) is 0. The van der Waals surface area contributed by atoms with E-state index in [2.05, 4.69) is 17.0 Å². The molecule has 2 N–H and O–H groups in total. The molecule has 2 nitrogen and oxygen atoms in total. The Balaban J connectivity index is 2.12. The second kappa shape index (κ2) is 5.35. The van der Waals surface area contributed by atoms with E-state index in [0.29, 0.717) is 13.1 Å². The third-order valence-electron chi connectivity index (χ3n) is 4.02. The molecule has 0 saturated carbocycles. The van der Waals surface area contributed by atoms with E-state index in [4.69, 9.17) is 5.73 Å². The maximum Gasteiger partial charge on any atom is 0.128 e. The molecule has 0 aromatic heterocycles. The van der Waals surface area contributed by atoms with Crippen LogP contribution in [-0.2, 0) is 19.5 Å². The summed E-state index contributed by atoms with van der Waals surface area (Å²) >= 11 is 0. The van der Waals surface area contributed by atoms with Crippen LogP contribution in [0.4, 0.5) is 4.39 Å². The van der Waals surface area contributed by atoms with Crippen LogP contribution in [0.2, 0.25) is 0 Å². The molecule has 3 rings (SSSR count). The van der Waals surface area contributed by atoms with Gasteiger partial charge < -0.3 is 10.6 Å². The molecule has 0 atom stereocenters. The summed E-state index contributed by atoms with van der Waals surface area (Å²) < 4.78 is 14.0. The van der Waals surface area contributed by atoms with E-state index >= 15 is 0 Å². The van der Waals surface area contributed by atoms with Gasteiger partial charge in [0.15, 0.2) is 0 Å². The quantitative estimate of drug-likeness (QED) is 0.909. The maximum atomic E-state index is 14.0. The van der Waals surface area contributed by atoms with Crippen molar-refractivity contribution < 1.29 is 4.39 Å². The van der Waals surface area contributed by atoms with Gasteiger partial charge in [-0.1, -0.05) is 24.3 Å². The summed E-state index contributed by atoms with van der Waals surface area (Å²) in [5.74, 6) is -0.0923. The van der Waals surface area contributed by atoms with Crippen LogP contribution in [0, 0.1) is 5.82 Å². The Hall–Kier alpha value is -1.71. The highest BCUT2D eigenvalue weighted by Crippen LogP contribution is 2.32. The summed E-state index contributed by atoms with van der Waals surface area (Å²) in [5.41, 5.74) is 11.1. The lowest BCUT2D eigenvalue weighted by Crippen LogP contribution is -2.27. The van der Waals surface area contributed by atoms with Crippen molar-refractivity contribution in [1.82, 2.24) is 4.90 Å². The lowest BCUT2D eigenvalue weighted by molar-refractivity contribution is 0.306. The zero-order valence-corrected chi connectivity index (χ0v) is 11.7. The van der Waals surface area contributed by atoms with Gasteiger partial charge in [0.2, 0.25) is 0 Å². The highest BCUT2D eigenvalue weighted by Gasteiger charge is 2.20. The van der Waals surface area contributed by atoms with Gasteiger partial charge in [-0.15, -0.1) is 0 Å². The molecule has 1 aliphatic rings. The monoisotopic (exact) mass is 270 g/mol. The molecule has 0 spiro atoms. The Labute approximate surface area is 119 Å². The molecule has 20 heavy (non-hydrogen) atoms. The zero-order valence-electron chi connectivity index (χ0n) is 11.7. The molecule has 2 aromatic carbocycles.